The first-order chi connectivity index (χ1) is 9.08. The summed E-state index contributed by atoms with van der Waals surface area (Å²) in [5.74, 6) is -1.69. The van der Waals surface area contributed by atoms with Crippen LogP contribution in [0.25, 0.3) is 0 Å². The Morgan fingerprint density at radius 3 is 2.21 bits per heavy atom. The number of aliphatic carboxylic acids is 1. The van der Waals surface area contributed by atoms with Gasteiger partial charge in [-0.3, -0.25) is 9.59 Å². The fourth-order valence-corrected chi connectivity index (χ4v) is 3.43. The van der Waals surface area contributed by atoms with Crippen molar-refractivity contribution < 1.29 is 14.7 Å². The number of allylic oxidation sites excluding steroid dienone is 2. The summed E-state index contributed by atoms with van der Waals surface area (Å²) in [6, 6.07) is 7.39. The van der Waals surface area contributed by atoms with Gasteiger partial charge in [-0.25, -0.2) is 0 Å². The van der Waals surface area contributed by atoms with Crippen molar-refractivity contribution in [3.05, 3.63) is 47.5 Å². The molecule has 1 aromatic carbocycles. The van der Waals surface area contributed by atoms with E-state index in [0.29, 0.717) is 5.56 Å². The summed E-state index contributed by atoms with van der Waals surface area (Å²) in [5.41, 5.74) is 1.72. The molecule has 0 aromatic heterocycles. The summed E-state index contributed by atoms with van der Waals surface area (Å²) in [7, 11) is 0. The summed E-state index contributed by atoms with van der Waals surface area (Å²) >= 11 is 0. The highest BCUT2D eigenvalue weighted by Gasteiger charge is 2.51. The van der Waals surface area contributed by atoms with E-state index in [1.54, 1.807) is 12.1 Å². The highest BCUT2D eigenvalue weighted by Crippen LogP contribution is 2.49. The minimum absolute atomic E-state index is 0.0238. The summed E-state index contributed by atoms with van der Waals surface area (Å²) in [6.07, 6.45) is 4.78. The fraction of sp³-hybridized carbons (Fsp3) is 0.375. The van der Waals surface area contributed by atoms with E-state index in [2.05, 4.69) is 0 Å². The van der Waals surface area contributed by atoms with Gasteiger partial charge in [0.1, 0.15) is 0 Å². The highest BCUT2D eigenvalue weighted by atomic mass is 16.4. The number of aryl methyl sites for hydroxylation is 1. The zero-order valence-corrected chi connectivity index (χ0v) is 10.7. The van der Waals surface area contributed by atoms with Crippen LogP contribution in [-0.4, -0.2) is 16.9 Å². The van der Waals surface area contributed by atoms with Gasteiger partial charge in [0.05, 0.1) is 5.92 Å². The number of rotatable bonds is 3. The van der Waals surface area contributed by atoms with E-state index < -0.39 is 17.8 Å². The molecule has 3 rings (SSSR count). The minimum atomic E-state index is -0.845. The van der Waals surface area contributed by atoms with Gasteiger partial charge in [-0.05, 0) is 25.2 Å². The number of Topliss-reactive ketones (excluding diaryl/α,β-unsaturated/α-hetero) is 1. The largest absolute Gasteiger partial charge is 0.481 e. The van der Waals surface area contributed by atoms with Gasteiger partial charge in [0.25, 0.3) is 0 Å². The van der Waals surface area contributed by atoms with E-state index >= 15 is 0 Å². The van der Waals surface area contributed by atoms with Crippen LogP contribution in [0.3, 0.4) is 0 Å². The van der Waals surface area contributed by atoms with E-state index in [0.717, 1.165) is 12.0 Å². The number of hydrogen-bond donors (Lipinski definition) is 1. The molecule has 1 N–H and O–H groups in total. The third-order valence-corrected chi connectivity index (χ3v) is 4.38. The number of fused-ring (bicyclic) bond motifs is 2. The number of carboxylic acids is 1. The smallest absolute Gasteiger partial charge is 0.307 e. The lowest BCUT2D eigenvalue weighted by atomic mass is 9.78. The molecule has 2 aliphatic rings. The van der Waals surface area contributed by atoms with E-state index in [9.17, 15) is 14.7 Å². The summed E-state index contributed by atoms with van der Waals surface area (Å²) < 4.78 is 0. The molecule has 19 heavy (non-hydrogen) atoms. The van der Waals surface area contributed by atoms with Crippen LogP contribution in [-0.2, 0) is 4.79 Å². The lowest BCUT2D eigenvalue weighted by Gasteiger charge is -2.23. The van der Waals surface area contributed by atoms with Crippen LogP contribution < -0.4 is 0 Å². The average Bonchev–Trinajstić information content (AvgIpc) is 2.98. The van der Waals surface area contributed by atoms with Crippen molar-refractivity contribution in [2.75, 3.05) is 0 Å². The van der Waals surface area contributed by atoms with Crippen molar-refractivity contribution in [2.45, 2.75) is 13.3 Å². The van der Waals surface area contributed by atoms with Crippen LogP contribution in [0, 0.1) is 30.6 Å². The van der Waals surface area contributed by atoms with Crippen molar-refractivity contribution in [1.29, 1.82) is 0 Å². The van der Waals surface area contributed by atoms with Crippen molar-refractivity contribution >= 4 is 11.8 Å². The molecular formula is C16H16O3. The van der Waals surface area contributed by atoms with Gasteiger partial charge in [-0.1, -0.05) is 42.0 Å². The van der Waals surface area contributed by atoms with E-state index in [-0.39, 0.29) is 17.6 Å². The molecule has 1 aromatic rings. The number of hydrogen-bond acceptors (Lipinski definition) is 2. The third kappa shape index (κ3) is 1.89. The third-order valence-electron chi connectivity index (χ3n) is 4.38. The lowest BCUT2D eigenvalue weighted by Crippen LogP contribution is -2.33. The Morgan fingerprint density at radius 1 is 1.05 bits per heavy atom. The van der Waals surface area contributed by atoms with Gasteiger partial charge < -0.3 is 5.11 Å². The number of carboxylic acid groups (broad SMARTS) is 1. The normalized spacial score (nSPS) is 31.6. The Balaban J connectivity index is 1.92. The first-order valence-electron chi connectivity index (χ1n) is 6.60. The van der Waals surface area contributed by atoms with Crippen LogP contribution in [0.2, 0.25) is 0 Å². The van der Waals surface area contributed by atoms with Gasteiger partial charge in [0, 0.05) is 11.5 Å². The first kappa shape index (κ1) is 12.2. The lowest BCUT2D eigenvalue weighted by molar-refractivity contribution is -0.143. The molecular weight excluding hydrogens is 240 g/mol. The molecule has 2 bridgehead atoms. The molecule has 2 aliphatic carbocycles. The summed E-state index contributed by atoms with van der Waals surface area (Å²) in [4.78, 5) is 24.0. The molecule has 0 spiro atoms. The van der Waals surface area contributed by atoms with Gasteiger partial charge >= 0.3 is 5.97 Å². The summed E-state index contributed by atoms with van der Waals surface area (Å²) in [6.45, 7) is 1.97. The predicted octanol–water partition coefficient (Wildman–Crippen LogP) is 2.70. The molecule has 98 valence electrons. The second-order valence-corrected chi connectivity index (χ2v) is 5.57. The van der Waals surface area contributed by atoms with Gasteiger partial charge in [0.2, 0.25) is 0 Å². The summed E-state index contributed by atoms with van der Waals surface area (Å²) in [5, 5.41) is 9.36. The van der Waals surface area contributed by atoms with Gasteiger partial charge in [-0.2, -0.15) is 0 Å². The van der Waals surface area contributed by atoms with Crippen LogP contribution >= 0.6 is 0 Å². The molecule has 3 heteroatoms. The molecule has 0 saturated heterocycles. The maximum absolute atomic E-state index is 12.6. The number of benzene rings is 1. The zero-order valence-electron chi connectivity index (χ0n) is 10.7. The molecule has 1 fully saturated rings. The van der Waals surface area contributed by atoms with E-state index in [1.807, 2.05) is 31.2 Å². The molecule has 1 saturated carbocycles. The second-order valence-electron chi connectivity index (χ2n) is 5.57. The standard InChI is InChI=1S/C16H16O3/c1-9-2-4-10(5-3-9)15(17)13-11-6-7-12(8-11)14(13)16(18)19/h2-7,11-14H,8H2,1H3,(H,18,19). The maximum Gasteiger partial charge on any atom is 0.307 e. The van der Waals surface area contributed by atoms with Crippen molar-refractivity contribution in [3.8, 4) is 0 Å². The molecule has 4 atom stereocenters. The minimum Gasteiger partial charge on any atom is -0.481 e. The predicted molar refractivity (Wildman–Crippen MR) is 70.9 cm³/mol. The van der Waals surface area contributed by atoms with E-state index in [1.165, 1.54) is 0 Å². The monoisotopic (exact) mass is 256 g/mol. The average molecular weight is 256 g/mol. The van der Waals surface area contributed by atoms with E-state index in [4.69, 9.17) is 0 Å². The molecule has 0 aliphatic heterocycles. The van der Waals surface area contributed by atoms with Crippen molar-refractivity contribution in [1.82, 2.24) is 0 Å². The number of carbonyl (C=O) groups excluding carboxylic acids is 1. The number of ketones is 1. The Morgan fingerprint density at radius 2 is 1.63 bits per heavy atom. The second kappa shape index (κ2) is 4.34. The quantitative estimate of drug-likeness (QED) is 0.668. The van der Waals surface area contributed by atoms with Crippen LogP contribution in [0.15, 0.2) is 36.4 Å². The Kier molecular flexibility index (Phi) is 2.77. The molecule has 3 nitrogen and oxygen atoms in total. The topological polar surface area (TPSA) is 54.4 Å². The van der Waals surface area contributed by atoms with Crippen LogP contribution in [0.5, 0.6) is 0 Å². The van der Waals surface area contributed by atoms with Crippen molar-refractivity contribution in [2.24, 2.45) is 23.7 Å². The van der Waals surface area contributed by atoms with Gasteiger partial charge in [0.15, 0.2) is 5.78 Å². The Hall–Kier alpha value is -1.90. The zero-order chi connectivity index (χ0) is 13.6. The Labute approximate surface area is 111 Å². The maximum atomic E-state index is 12.6. The highest BCUT2D eigenvalue weighted by molar-refractivity contribution is 6.01. The molecule has 0 amide bonds. The molecule has 0 heterocycles. The van der Waals surface area contributed by atoms with Crippen LogP contribution in [0.1, 0.15) is 22.3 Å². The number of carbonyl (C=O) groups is 2. The van der Waals surface area contributed by atoms with Crippen LogP contribution in [0.4, 0.5) is 0 Å². The molecule has 0 radical (unpaired) electrons. The molecule has 4 unspecified atom stereocenters. The first-order valence-corrected chi connectivity index (χ1v) is 6.60. The van der Waals surface area contributed by atoms with Gasteiger partial charge in [-0.15, -0.1) is 0 Å². The fourth-order valence-electron chi connectivity index (χ4n) is 3.43. The SMILES string of the molecule is Cc1ccc(C(=O)C2C3C=CC(C3)C2C(=O)O)cc1. The Bertz CT molecular complexity index is 556. The van der Waals surface area contributed by atoms with Crippen molar-refractivity contribution in [3.63, 3.8) is 0 Å².